The maximum absolute atomic E-state index is 13.1. The molecule has 5 rings (SSSR count). The Morgan fingerprint density at radius 2 is 2.06 bits per heavy atom. The minimum atomic E-state index is -3.82. The van der Waals surface area contributed by atoms with E-state index in [-0.39, 0.29) is 17.9 Å². The number of benzene rings is 1. The monoisotopic (exact) mass is 514 g/mol. The first kappa shape index (κ1) is 24.5. The van der Waals surface area contributed by atoms with Gasteiger partial charge in [0.1, 0.15) is 17.4 Å². The number of rotatable bonds is 9. The van der Waals surface area contributed by atoms with Crippen LogP contribution in [0.1, 0.15) is 32.6 Å². The van der Waals surface area contributed by atoms with Crippen molar-refractivity contribution in [3.63, 3.8) is 0 Å². The summed E-state index contributed by atoms with van der Waals surface area (Å²) in [5.41, 5.74) is -1.31. The first-order valence-electron chi connectivity index (χ1n) is 11.9. The van der Waals surface area contributed by atoms with Crippen molar-refractivity contribution in [2.45, 2.75) is 55.0 Å². The number of methoxy groups -OCH3 is 1. The van der Waals surface area contributed by atoms with Crippen molar-refractivity contribution in [2.75, 3.05) is 13.7 Å². The molecule has 0 bridgehead atoms. The summed E-state index contributed by atoms with van der Waals surface area (Å²) >= 11 is 0. The highest BCUT2D eigenvalue weighted by Crippen LogP contribution is 2.47. The van der Waals surface area contributed by atoms with Gasteiger partial charge in [-0.2, -0.15) is 0 Å². The molecule has 10 nitrogen and oxygen atoms in total. The van der Waals surface area contributed by atoms with Crippen LogP contribution in [0.4, 0.5) is 0 Å². The molecule has 1 aliphatic heterocycles. The lowest BCUT2D eigenvalue weighted by Crippen LogP contribution is -2.56. The Hall–Kier alpha value is -3.18. The standard InChI is InChI=1S/C25H30N4O6S/c1-4-16-13-25(16,23(31)29-36(32,33)24(2)8-9-24)28-21(30)20-12-18(14-27-20)35-22-19-6-5-17(34-3)11-15(19)7-10-26-22/h4-7,10-11,16,18,20,27H,1,8-9,12-14H2,2-3H3,(H,28,30)(H,29,31)/t16-,18-,20+,25-/m1/s1. The molecule has 4 atom stereocenters. The molecule has 1 aromatic heterocycles. The predicted octanol–water partition coefficient (Wildman–Crippen LogP) is 1.41. The first-order chi connectivity index (χ1) is 17.1. The fourth-order valence-electron chi connectivity index (χ4n) is 4.62. The van der Waals surface area contributed by atoms with Gasteiger partial charge in [-0.25, -0.2) is 13.4 Å². The topological polar surface area (TPSA) is 136 Å². The summed E-state index contributed by atoms with van der Waals surface area (Å²) in [6, 6.07) is 6.88. The van der Waals surface area contributed by atoms with Crippen LogP contribution in [0, 0.1) is 5.92 Å². The normalized spacial score (nSPS) is 28.2. The first-order valence-corrected chi connectivity index (χ1v) is 13.4. The van der Waals surface area contributed by atoms with Crippen LogP contribution in [0.2, 0.25) is 0 Å². The second kappa shape index (κ2) is 8.74. The number of nitrogens with one attached hydrogen (secondary N) is 3. The summed E-state index contributed by atoms with van der Waals surface area (Å²) in [5.74, 6) is -0.240. The van der Waals surface area contributed by atoms with Gasteiger partial charge in [-0.3, -0.25) is 14.3 Å². The molecule has 11 heteroatoms. The van der Waals surface area contributed by atoms with Gasteiger partial charge in [-0.15, -0.1) is 6.58 Å². The number of nitrogens with zero attached hydrogens (tertiary/aromatic N) is 1. The highest BCUT2D eigenvalue weighted by Gasteiger charge is 2.62. The Bertz CT molecular complexity index is 1340. The lowest BCUT2D eigenvalue weighted by atomic mass is 10.1. The molecule has 1 aromatic carbocycles. The van der Waals surface area contributed by atoms with Crippen LogP contribution >= 0.6 is 0 Å². The summed E-state index contributed by atoms with van der Waals surface area (Å²) in [6.45, 7) is 5.75. The van der Waals surface area contributed by atoms with E-state index in [2.05, 4.69) is 26.9 Å². The third-order valence-electron chi connectivity index (χ3n) is 7.50. The number of sulfonamides is 1. The number of pyridine rings is 1. The molecule has 2 aliphatic carbocycles. The van der Waals surface area contributed by atoms with Gasteiger partial charge in [0.05, 0.1) is 17.9 Å². The van der Waals surface area contributed by atoms with Crippen LogP contribution in [0.25, 0.3) is 10.8 Å². The molecule has 3 fully saturated rings. The molecular formula is C25H30N4O6S. The average molecular weight is 515 g/mol. The summed E-state index contributed by atoms with van der Waals surface area (Å²) < 4.78 is 37.8. The van der Waals surface area contributed by atoms with Crippen molar-refractivity contribution >= 4 is 32.6 Å². The molecule has 2 saturated carbocycles. The maximum Gasteiger partial charge on any atom is 0.259 e. The minimum Gasteiger partial charge on any atom is -0.497 e. The summed E-state index contributed by atoms with van der Waals surface area (Å²) in [6.07, 6.45) is 4.60. The molecule has 1 saturated heterocycles. The Kier molecular flexibility index (Phi) is 5.95. The molecule has 192 valence electrons. The van der Waals surface area contributed by atoms with Crippen LogP contribution < -0.4 is 24.8 Å². The second-order valence-corrected chi connectivity index (χ2v) is 12.2. The molecule has 2 heterocycles. The van der Waals surface area contributed by atoms with Crippen molar-refractivity contribution in [1.29, 1.82) is 0 Å². The molecule has 3 aliphatic rings. The smallest absolute Gasteiger partial charge is 0.259 e. The second-order valence-electron chi connectivity index (χ2n) is 10.0. The van der Waals surface area contributed by atoms with Crippen molar-refractivity contribution in [1.82, 2.24) is 20.3 Å². The molecular weight excluding hydrogens is 484 g/mol. The number of ether oxygens (including phenoxy) is 2. The molecule has 2 aromatic rings. The third kappa shape index (κ3) is 4.30. The van der Waals surface area contributed by atoms with E-state index in [4.69, 9.17) is 9.47 Å². The van der Waals surface area contributed by atoms with Crippen LogP contribution in [0.15, 0.2) is 43.1 Å². The molecule has 3 N–H and O–H groups in total. The van der Waals surface area contributed by atoms with E-state index < -0.39 is 32.3 Å². The van der Waals surface area contributed by atoms with Gasteiger partial charge in [-0.05, 0) is 55.8 Å². The van der Waals surface area contributed by atoms with Crippen molar-refractivity contribution in [2.24, 2.45) is 5.92 Å². The summed E-state index contributed by atoms with van der Waals surface area (Å²) in [4.78, 5) is 30.5. The van der Waals surface area contributed by atoms with Gasteiger partial charge < -0.3 is 20.1 Å². The van der Waals surface area contributed by atoms with Crippen LogP contribution in [0.5, 0.6) is 11.6 Å². The Morgan fingerprint density at radius 1 is 1.28 bits per heavy atom. The highest BCUT2D eigenvalue weighted by atomic mass is 32.2. The molecule has 36 heavy (non-hydrogen) atoms. The van der Waals surface area contributed by atoms with Crippen molar-refractivity contribution in [3.8, 4) is 11.6 Å². The fraction of sp³-hybridized carbons (Fsp3) is 0.480. The van der Waals surface area contributed by atoms with Crippen molar-refractivity contribution in [3.05, 3.63) is 43.1 Å². The van der Waals surface area contributed by atoms with Crippen LogP contribution in [0.3, 0.4) is 0 Å². The maximum atomic E-state index is 13.1. The quantitative estimate of drug-likeness (QED) is 0.428. The molecule has 0 spiro atoms. The zero-order valence-electron chi connectivity index (χ0n) is 20.2. The highest BCUT2D eigenvalue weighted by molar-refractivity contribution is 7.91. The van der Waals surface area contributed by atoms with Gasteiger partial charge in [0.2, 0.25) is 21.8 Å². The predicted molar refractivity (Wildman–Crippen MR) is 133 cm³/mol. The number of aromatic nitrogens is 1. The zero-order chi connectivity index (χ0) is 25.7. The van der Waals surface area contributed by atoms with Crippen molar-refractivity contribution < 1.29 is 27.5 Å². The van der Waals surface area contributed by atoms with E-state index in [0.29, 0.717) is 38.1 Å². The average Bonchev–Trinajstić information content (AvgIpc) is 3.73. The number of carbonyl (C=O) groups excluding carboxylic acids is 2. The van der Waals surface area contributed by atoms with Gasteiger partial charge >= 0.3 is 0 Å². The molecule has 2 amide bonds. The summed E-state index contributed by atoms with van der Waals surface area (Å²) in [7, 11) is -2.21. The van der Waals surface area contributed by atoms with E-state index in [1.54, 1.807) is 26.3 Å². The number of hydrogen-bond donors (Lipinski definition) is 3. The van der Waals surface area contributed by atoms with E-state index in [1.807, 2.05) is 24.3 Å². The number of fused-ring (bicyclic) bond motifs is 1. The summed E-state index contributed by atoms with van der Waals surface area (Å²) in [5, 5.41) is 7.69. The largest absolute Gasteiger partial charge is 0.497 e. The van der Waals surface area contributed by atoms with E-state index in [0.717, 1.165) is 16.5 Å². The van der Waals surface area contributed by atoms with Crippen LogP contribution in [-0.2, 0) is 19.6 Å². The number of amides is 2. The Morgan fingerprint density at radius 3 is 2.72 bits per heavy atom. The zero-order valence-corrected chi connectivity index (χ0v) is 21.1. The van der Waals surface area contributed by atoms with Gasteiger partial charge in [0.25, 0.3) is 5.91 Å². The lowest BCUT2D eigenvalue weighted by Gasteiger charge is -2.22. The number of carbonyl (C=O) groups is 2. The van der Waals surface area contributed by atoms with Gasteiger partial charge in [0.15, 0.2) is 0 Å². The Balaban J connectivity index is 1.24. The third-order valence-corrected chi connectivity index (χ3v) is 9.66. The minimum absolute atomic E-state index is 0.302. The van der Waals surface area contributed by atoms with E-state index in [9.17, 15) is 18.0 Å². The molecule has 0 unspecified atom stereocenters. The van der Waals surface area contributed by atoms with E-state index in [1.165, 1.54) is 0 Å². The van der Waals surface area contributed by atoms with Gasteiger partial charge in [-0.1, -0.05) is 6.08 Å². The number of hydrogen-bond acceptors (Lipinski definition) is 8. The van der Waals surface area contributed by atoms with Gasteiger partial charge in [0, 0.05) is 30.5 Å². The SMILES string of the molecule is C=C[C@@H]1C[C@]1(NC(=O)[C@@H]1C[C@@H](Oc2nccc3cc(OC)ccc23)CN1)C(=O)NS(=O)(=O)C1(C)CC1. The molecule has 0 radical (unpaired) electrons. The van der Waals surface area contributed by atoms with Crippen LogP contribution in [-0.4, -0.2) is 61.3 Å². The van der Waals surface area contributed by atoms with E-state index >= 15 is 0 Å². The lowest BCUT2D eigenvalue weighted by molar-refractivity contribution is -0.130. The fourth-order valence-corrected chi connectivity index (χ4v) is 5.93. The Labute approximate surface area is 209 Å².